The maximum absolute atomic E-state index is 11.7. The number of phenolic OH excluding ortho intramolecular Hbond substituents is 1. The first-order chi connectivity index (χ1) is 12.9. The molecular formula is C19H13N3O4S. The predicted molar refractivity (Wildman–Crippen MR) is 101 cm³/mol. The molecule has 2 N–H and O–H groups in total. The Hall–Kier alpha value is -3.36. The van der Waals surface area contributed by atoms with Crippen LogP contribution in [0.15, 0.2) is 82.0 Å². The minimum absolute atomic E-state index is 0.0134. The lowest BCUT2D eigenvalue weighted by atomic mass is 10.1. The Kier molecular flexibility index (Phi) is 4.06. The molecule has 134 valence electrons. The molecule has 0 aliphatic carbocycles. The van der Waals surface area contributed by atoms with Gasteiger partial charge in [-0.25, -0.2) is 0 Å². The van der Waals surface area contributed by atoms with E-state index in [1.807, 2.05) is 36.4 Å². The molecule has 4 aromatic rings. The summed E-state index contributed by atoms with van der Waals surface area (Å²) in [5.74, 6) is -0.318. The number of pyridine rings is 1. The number of rotatable bonds is 3. The van der Waals surface area contributed by atoms with E-state index in [0.717, 1.165) is 16.8 Å². The third kappa shape index (κ3) is 3.12. The first-order valence-electron chi connectivity index (χ1n) is 7.93. The van der Waals surface area contributed by atoms with Crippen LogP contribution in [0.5, 0.6) is 5.75 Å². The van der Waals surface area contributed by atoms with Crippen LogP contribution in [0.2, 0.25) is 0 Å². The van der Waals surface area contributed by atoms with Crippen molar-refractivity contribution in [3.63, 3.8) is 0 Å². The van der Waals surface area contributed by atoms with E-state index in [-0.39, 0.29) is 22.3 Å². The molecule has 27 heavy (non-hydrogen) atoms. The maximum Gasteiger partial charge on any atom is 0.295 e. The van der Waals surface area contributed by atoms with Crippen molar-refractivity contribution in [3.8, 4) is 5.75 Å². The fourth-order valence-corrected chi connectivity index (χ4v) is 3.58. The van der Waals surface area contributed by atoms with E-state index in [2.05, 4.69) is 15.2 Å². The van der Waals surface area contributed by atoms with Crippen LogP contribution >= 0.6 is 0 Å². The fourth-order valence-electron chi connectivity index (χ4n) is 2.88. The summed E-state index contributed by atoms with van der Waals surface area (Å²) in [5, 5.41) is 20.5. The Morgan fingerprint density at radius 3 is 2.37 bits per heavy atom. The second-order valence-corrected chi connectivity index (χ2v) is 7.21. The molecule has 0 saturated carbocycles. The molecule has 7 nitrogen and oxygen atoms in total. The average Bonchev–Trinajstić information content (AvgIpc) is 2.66. The van der Waals surface area contributed by atoms with E-state index in [9.17, 15) is 18.1 Å². The summed E-state index contributed by atoms with van der Waals surface area (Å²) >= 11 is 0. The summed E-state index contributed by atoms with van der Waals surface area (Å²) in [7, 11) is -4.54. The van der Waals surface area contributed by atoms with Gasteiger partial charge in [0.15, 0.2) is 5.75 Å². The molecule has 1 heterocycles. The molecule has 0 spiro atoms. The number of hydrogen-bond donors (Lipinski definition) is 2. The number of aromatic nitrogens is 1. The Balaban J connectivity index is 1.92. The zero-order chi connectivity index (χ0) is 19.0. The monoisotopic (exact) mass is 379 g/mol. The minimum Gasteiger partial charge on any atom is -0.504 e. The maximum atomic E-state index is 11.7. The Morgan fingerprint density at radius 2 is 1.56 bits per heavy atom. The quantitative estimate of drug-likeness (QED) is 0.394. The third-order valence-corrected chi connectivity index (χ3v) is 5.01. The lowest BCUT2D eigenvalue weighted by Crippen LogP contribution is -1.99. The van der Waals surface area contributed by atoms with Crippen LogP contribution in [0.1, 0.15) is 0 Å². The van der Waals surface area contributed by atoms with Gasteiger partial charge >= 0.3 is 0 Å². The summed E-state index contributed by atoms with van der Waals surface area (Å²) in [6, 6.07) is 17.1. The Labute approximate surface area is 154 Å². The van der Waals surface area contributed by atoms with Gasteiger partial charge in [-0.3, -0.25) is 9.54 Å². The standard InChI is InChI=1S/C19H13N3O4S/c23-19-16(11-17(27(24,25)26)14-8-4-10-20-18(14)19)22-21-15-9-3-6-12-5-1-2-7-13(12)15/h1-11,23H,(H,24,25,26)/b22-21+. The van der Waals surface area contributed by atoms with Gasteiger partial charge in [0, 0.05) is 17.0 Å². The van der Waals surface area contributed by atoms with Crippen LogP contribution in [0, 0.1) is 0 Å². The zero-order valence-electron chi connectivity index (χ0n) is 13.8. The largest absolute Gasteiger partial charge is 0.504 e. The van der Waals surface area contributed by atoms with Gasteiger partial charge in [-0.05, 0) is 29.7 Å². The normalized spacial score (nSPS) is 12.2. The highest BCUT2D eigenvalue weighted by Crippen LogP contribution is 2.39. The van der Waals surface area contributed by atoms with Gasteiger partial charge in [0.1, 0.15) is 16.1 Å². The molecule has 0 unspecified atom stereocenters. The van der Waals surface area contributed by atoms with E-state index in [4.69, 9.17) is 0 Å². The van der Waals surface area contributed by atoms with Crippen molar-refractivity contribution in [1.82, 2.24) is 4.98 Å². The second kappa shape index (κ2) is 6.42. The summed E-state index contributed by atoms with van der Waals surface area (Å²) in [5.41, 5.74) is 0.461. The van der Waals surface area contributed by atoms with E-state index in [1.54, 1.807) is 6.07 Å². The van der Waals surface area contributed by atoms with Crippen LogP contribution in [0.3, 0.4) is 0 Å². The first kappa shape index (κ1) is 17.1. The molecule has 1 aromatic heterocycles. The number of phenols is 1. The molecule has 0 aliphatic heterocycles. The van der Waals surface area contributed by atoms with E-state index >= 15 is 0 Å². The van der Waals surface area contributed by atoms with Crippen molar-refractivity contribution >= 4 is 43.2 Å². The number of nitrogens with zero attached hydrogens (tertiary/aromatic N) is 3. The van der Waals surface area contributed by atoms with Gasteiger partial charge in [0.25, 0.3) is 10.1 Å². The van der Waals surface area contributed by atoms with Gasteiger partial charge in [0.05, 0.1) is 5.69 Å². The van der Waals surface area contributed by atoms with Crippen LogP contribution in [0.4, 0.5) is 11.4 Å². The molecule has 4 rings (SSSR count). The molecule has 0 amide bonds. The molecule has 8 heteroatoms. The highest BCUT2D eigenvalue weighted by atomic mass is 32.2. The molecule has 3 aromatic carbocycles. The highest BCUT2D eigenvalue weighted by Gasteiger charge is 2.20. The number of hydrogen-bond acceptors (Lipinski definition) is 6. The second-order valence-electron chi connectivity index (χ2n) is 5.82. The van der Waals surface area contributed by atoms with Crippen LogP contribution in [0.25, 0.3) is 21.7 Å². The Bertz CT molecular complexity index is 1310. The van der Waals surface area contributed by atoms with Crippen LogP contribution < -0.4 is 0 Å². The summed E-state index contributed by atoms with van der Waals surface area (Å²) in [6.07, 6.45) is 1.40. The first-order valence-corrected chi connectivity index (χ1v) is 9.37. The minimum atomic E-state index is -4.54. The number of aromatic hydroxyl groups is 1. The van der Waals surface area contributed by atoms with Gasteiger partial charge in [0.2, 0.25) is 0 Å². The van der Waals surface area contributed by atoms with Crippen molar-refractivity contribution in [2.24, 2.45) is 10.2 Å². The number of benzene rings is 3. The van der Waals surface area contributed by atoms with E-state index < -0.39 is 15.0 Å². The lowest BCUT2D eigenvalue weighted by Gasteiger charge is -2.07. The topological polar surface area (TPSA) is 112 Å². The molecular weight excluding hydrogens is 366 g/mol. The molecule has 0 bridgehead atoms. The summed E-state index contributed by atoms with van der Waals surface area (Å²) in [4.78, 5) is 3.60. The molecule has 0 atom stereocenters. The van der Waals surface area contributed by atoms with Crippen molar-refractivity contribution in [1.29, 1.82) is 0 Å². The van der Waals surface area contributed by atoms with Gasteiger partial charge in [-0.2, -0.15) is 8.42 Å². The van der Waals surface area contributed by atoms with Gasteiger partial charge in [-0.15, -0.1) is 10.2 Å². The predicted octanol–water partition coefficient (Wildman–Crippen LogP) is 4.76. The van der Waals surface area contributed by atoms with Gasteiger partial charge < -0.3 is 5.11 Å². The van der Waals surface area contributed by atoms with Crippen molar-refractivity contribution in [3.05, 3.63) is 66.9 Å². The highest BCUT2D eigenvalue weighted by molar-refractivity contribution is 7.86. The molecule has 0 radical (unpaired) electrons. The smallest absolute Gasteiger partial charge is 0.295 e. The average molecular weight is 379 g/mol. The lowest BCUT2D eigenvalue weighted by molar-refractivity contribution is 0.479. The molecule has 0 aliphatic rings. The van der Waals surface area contributed by atoms with Crippen molar-refractivity contribution in [2.75, 3.05) is 0 Å². The van der Waals surface area contributed by atoms with E-state index in [1.165, 1.54) is 18.3 Å². The van der Waals surface area contributed by atoms with E-state index in [0.29, 0.717) is 5.69 Å². The summed E-state index contributed by atoms with van der Waals surface area (Å²) in [6.45, 7) is 0. The van der Waals surface area contributed by atoms with Crippen molar-refractivity contribution in [2.45, 2.75) is 4.90 Å². The number of azo groups is 1. The van der Waals surface area contributed by atoms with Gasteiger partial charge in [-0.1, -0.05) is 36.4 Å². The Morgan fingerprint density at radius 1 is 0.852 bits per heavy atom. The van der Waals surface area contributed by atoms with Crippen LogP contribution in [-0.2, 0) is 10.1 Å². The molecule has 0 fully saturated rings. The number of fused-ring (bicyclic) bond motifs is 2. The zero-order valence-corrected chi connectivity index (χ0v) is 14.6. The summed E-state index contributed by atoms with van der Waals surface area (Å²) < 4.78 is 33.0. The molecule has 0 saturated heterocycles. The fraction of sp³-hybridized carbons (Fsp3) is 0. The third-order valence-electron chi connectivity index (χ3n) is 4.12. The van der Waals surface area contributed by atoms with Crippen molar-refractivity contribution < 1.29 is 18.1 Å². The SMILES string of the molecule is O=S(=O)(O)c1cc(/N=N/c2cccc3ccccc23)c(O)c2ncccc12. The van der Waals surface area contributed by atoms with Crippen LogP contribution in [-0.4, -0.2) is 23.1 Å².